The Bertz CT molecular complexity index is 168. The Morgan fingerprint density at radius 2 is 1.93 bits per heavy atom. The molecule has 1 rings (SSSR count). The van der Waals surface area contributed by atoms with Crippen LogP contribution in [0.25, 0.3) is 0 Å². The summed E-state index contributed by atoms with van der Waals surface area (Å²) in [6.07, 6.45) is -3.43. The molecule has 1 aliphatic heterocycles. The highest BCUT2D eigenvalue weighted by atomic mass is 31.2. The van der Waals surface area contributed by atoms with E-state index in [0.29, 0.717) is 13.2 Å². The molecule has 0 aromatic heterocycles. The van der Waals surface area contributed by atoms with E-state index in [9.17, 15) is 13.2 Å². The number of rotatable bonds is 3. The van der Waals surface area contributed by atoms with Crippen LogP contribution in [0.2, 0.25) is 0 Å². The smallest absolute Gasteiger partial charge is 0.312 e. The Hall–Kier alpha value is 0.100. The van der Waals surface area contributed by atoms with E-state index in [1.807, 2.05) is 6.92 Å². The van der Waals surface area contributed by atoms with Gasteiger partial charge in [0.2, 0.25) is 0 Å². The topological polar surface area (TPSA) is 27.7 Å². The van der Waals surface area contributed by atoms with Gasteiger partial charge in [-0.05, 0) is 6.42 Å². The zero-order chi connectivity index (χ0) is 10.6. The van der Waals surface area contributed by atoms with E-state index < -0.39 is 21.4 Å². The predicted molar refractivity (Wildman–Crippen MR) is 44.6 cm³/mol. The fraction of sp³-hybridized carbons (Fsp3) is 1.00. The average molecular weight is 232 g/mol. The number of halogens is 3. The van der Waals surface area contributed by atoms with Crippen LogP contribution in [0.15, 0.2) is 0 Å². The molecule has 0 aliphatic carbocycles. The average Bonchev–Trinajstić information content (AvgIpc) is 2.14. The van der Waals surface area contributed by atoms with E-state index >= 15 is 0 Å². The fourth-order valence-corrected chi connectivity index (χ4v) is 1.99. The Morgan fingerprint density at radius 1 is 1.36 bits per heavy atom. The first-order valence-electron chi connectivity index (χ1n) is 4.27. The third kappa shape index (κ3) is 4.55. The molecule has 0 atom stereocenters. The lowest BCUT2D eigenvalue weighted by Crippen LogP contribution is -2.22. The minimum atomic E-state index is -4.32. The third-order valence-corrected chi connectivity index (χ3v) is 2.80. The summed E-state index contributed by atoms with van der Waals surface area (Å²) in [6.45, 7) is 1.50. The molecule has 0 radical (unpaired) electrons. The summed E-state index contributed by atoms with van der Waals surface area (Å²) in [7, 11) is -1.79. The lowest BCUT2D eigenvalue weighted by atomic mass is 10.1. The van der Waals surface area contributed by atoms with Crippen LogP contribution in [0.4, 0.5) is 13.2 Å². The quantitative estimate of drug-likeness (QED) is 0.700. The summed E-state index contributed by atoms with van der Waals surface area (Å²) in [5.74, 6) is 0.267. The van der Waals surface area contributed by atoms with Crippen LogP contribution in [0.5, 0.6) is 0 Å². The molecule has 84 valence electrons. The van der Waals surface area contributed by atoms with Crippen LogP contribution in [-0.4, -0.2) is 26.0 Å². The van der Waals surface area contributed by atoms with Crippen molar-refractivity contribution in [3.05, 3.63) is 0 Å². The first-order valence-corrected chi connectivity index (χ1v) is 5.36. The van der Waals surface area contributed by atoms with Crippen molar-refractivity contribution in [3.8, 4) is 0 Å². The summed E-state index contributed by atoms with van der Waals surface area (Å²) in [6, 6.07) is 0. The second-order valence-electron chi connectivity index (χ2n) is 2.98. The minimum Gasteiger partial charge on any atom is -0.312 e. The second-order valence-corrected chi connectivity index (χ2v) is 4.20. The van der Waals surface area contributed by atoms with Gasteiger partial charge in [-0.15, -0.1) is 0 Å². The Balaban J connectivity index is 2.16. The van der Waals surface area contributed by atoms with Crippen LogP contribution in [0.1, 0.15) is 13.3 Å². The predicted octanol–water partition coefficient (Wildman–Crippen LogP) is 2.87. The molecule has 0 saturated carbocycles. The van der Waals surface area contributed by atoms with Crippen LogP contribution < -0.4 is 0 Å². The summed E-state index contributed by atoms with van der Waals surface area (Å²) in [5.41, 5.74) is 0. The summed E-state index contributed by atoms with van der Waals surface area (Å²) >= 11 is 0. The Morgan fingerprint density at radius 3 is 2.36 bits per heavy atom. The van der Waals surface area contributed by atoms with Crippen LogP contribution >= 0.6 is 8.60 Å². The summed E-state index contributed by atoms with van der Waals surface area (Å²) in [4.78, 5) is 0. The van der Waals surface area contributed by atoms with Gasteiger partial charge >= 0.3 is 14.8 Å². The SMILES string of the molecule is CCC1COP(OCC(F)(F)F)OC1. The molecule has 7 heteroatoms. The number of hydrogen-bond donors (Lipinski definition) is 0. The molecular formula is C7H12F3O3P. The third-order valence-electron chi connectivity index (χ3n) is 1.74. The molecule has 0 unspecified atom stereocenters. The zero-order valence-electron chi connectivity index (χ0n) is 7.71. The lowest BCUT2D eigenvalue weighted by Gasteiger charge is -2.26. The van der Waals surface area contributed by atoms with Crippen molar-refractivity contribution in [3.63, 3.8) is 0 Å². The maximum atomic E-state index is 11.7. The highest BCUT2D eigenvalue weighted by molar-refractivity contribution is 7.41. The molecule has 0 N–H and O–H groups in total. The van der Waals surface area contributed by atoms with Crippen molar-refractivity contribution < 1.29 is 26.7 Å². The van der Waals surface area contributed by atoms with Gasteiger partial charge in [-0.2, -0.15) is 13.2 Å². The van der Waals surface area contributed by atoms with Crippen LogP contribution in [0.3, 0.4) is 0 Å². The minimum absolute atomic E-state index is 0.267. The van der Waals surface area contributed by atoms with Crippen molar-refractivity contribution in [1.82, 2.24) is 0 Å². The van der Waals surface area contributed by atoms with Gasteiger partial charge in [0.15, 0.2) is 6.61 Å². The first kappa shape index (κ1) is 12.2. The van der Waals surface area contributed by atoms with Gasteiger partial charge in [-0.1, -0.05) is 6.92 Å². The van der Waals surface area contributed by atoms with E-state index in [1.165, 1.54) is 0 Å². The molecule has 1 saturated heterocycles. The number of hydrogen-bond acceptors (Lipinski definition) is 3. The maximum absolute atomic E-state index is 11.7. The van der Waals surface area contributed by atoms with E-state index in [0.717, 1.165) is 6.42 Å². The van der Waals surface area contributed by atoms with Gasteiger partial charge in [-0.25, -0.2) is 0 Å². The van der Waals surface area contributed by atoms with Crippen molar-refractivity contribution in [2.75, 3.05) is 19.8 Å². The van der Waals surface area contributed by atoms with Gasteiger partial charge in [0, 0.05) is 5.92 Å². The molecule has 0 amide bonds. The van der Waals surface area contributed by atoms with Crippen molar-refractivity contribution in [1.29, 1.82) is 0 Å². The lowest BCUT2D eigenvalue weighted by molar-refractivity contribution is -0.157. The van der Waals surface area contributed by atoms with E-state index in [2.05, 4.69) is 4.52 Å². The van der Waals surface area contributed by atoms with Gasteiger partial charge in [0.25, 0.3) is 0 Å². The van der Waals surface area contributed by atoms with Gasteiger partial charge in [-0.3, -0.25) is 0 Å². The molecule has 1 aliphatic rings. The molecule has 0 aromatic carbocycles. The summed E-state index contributed by atoms with van der Waals surface area (Å²) < 4.78 is 49.6. The van der Waals surface area contributed by atoms with Crippen LogP contribution in [0, 0.1) is 5.92 Å². The molecule has 0 spiro atoms. The molecular weight excluding hydrogens is 220 g/mol. The zero-order valence-corrected chi connectivity index (χ0v) is 8.61. The van der Waals surface area contributed by atoms with Gasteiger partial charge in [0.05, 0.1) is 13.2 Å². The molecule has 0 aromatic rings. The van der Waals surface area contributed by atoms with Crippen molar-refractivity contribution >= 4 is 8.60 Å². The second kappa shape index (κ2) is 5.26. The highest BCUT2D eigenvalue weighted by Crippen LogP contribution is 2.45. The largest absolute Gasteiger partial charge is 0.412 e. The number of alkyl halides is 3. The van der Waals surface area contributed by atoms with Crippen molar-refractivity contribution in [2.24, 2.45) is 5.92 Å². The molecule has 1 heterocycles. The molecule has 3 nitrogen and oxygen atoms in total. The first-order chi connectivity index (χ1) is 6.51. The van der Waals surface area contributed by atoms with Crippen molar-refractivity contribution in [2.45, 2.75) is 19.5 Å². The standard InChI is InChI=1S/C7H12F3O3P/c1-2-6-3-11-14(12-4-6)13-5-7(8,9)10/h6H,2-5H2,1H3. The Kier molecular flexibility index (Phi) is 4.57. The normalized spacial score (nSPS) is 29.1. The Labute approximate surface area is 81.5 Å². The van der Waals surface area contributed by atoms with E-state index in [4.69, 9.17) is 9.05 Å². The van der Waals surface area contributed by atoms with Gasteiger partial charge in [0.1, 0.15) is 0 Å². The molecule has 0 bridgehead atoms. The van der Waals surface area contributed by atoms with E-state index in [-0.39, 0.29) is 5.92 Å². The molecule has 1 fully saturated rings. The summed E-state index contributed by atoms with van der Waals surface area (Å²) in [5, 5.41) is 0. The van der Waals surface area contributed by atoms with E-state index in [1.54, 1.807) is 0 Å². The van der Waals surface area contributed by atoms with Crippen LogP contribution in [-0.2, 0) is 13.6 Å². The fourth-order valence-electron chi connectivity index (χ4n) is 0.854. The highest BCUT2D eigenvalue weighted by Gasteiger charge is 2.32. The van der Waals surface area contributed by atoms with Gasteiger partial charge < -0.3 is 13.6 Å². The monoisotopic (exact) mass is 232 g/mol. The molecule has 14 heavy (non-hydrogen) atoms. The maximum Gasteiger partial charge on any atom is 0.412 e.